The predicted molar refractivity (Wildman–Crippen MR) is 93.1 cm³/mol. The molecule has 3 N–H and O–H groups in total. The summed E-state index contributed by atoms with van der Waals surface area (Å²) in [6.45, 7) is 1.02. The molecule has 1 aliphatic carbocycles. The molecular formula is C19H26FN3O2. The van der Waals surface area contributed by atoms with Crippen molar-refractivity contribution in [1.82, 2.24) is 10.2 Å². The van der Waals surface area contributed by atoms with Crippen LogP contribution in [0.15, 0.2) is 24.3 Å². The van der Waals surface area contributed by atoms with Crippen molar-refractivity contribution in [2.75, 3.05) is 13.1 Å². The Morgan fingerprint density at radius 1 is 1.12 bits per heavy atom. The molecule has 1 aromatic carbocycles. The average Bonchev–Trinajstić information content (AvgIpc) is 3.14. The number of rotatable bonds is 4. The number of primary amides is 1. The monoisotopic (exact) mass is 347 g/mol. The van der Waals surface area contributed by atoms with Crippen LogP contribution in [0.25, 0.3) is 0 Å². The number of nitrogens with one attached hydrogen (secondary N) is 1. The standard InChI is InChI=1S/C19H26FN3O2/c20-16-8-4-3-7-15(16)17(13-5-1-2-6-13)22-19(25)23-11-9-14(10-12-23)18(21)24/h3-4,7-8,13-14,17H,1-2,5-6,9-12H2,(H2,21,24)(H,22,25)/t17-/m1/s1. The number of amides is 3. The van der Waals surface area contributed by atoms with Gasteiger partial charge in [0, 0.05) is 24.6 Å². The van der Waals surface area contributed by atoms with Crippen LogP contribution in [-0.2, 0) is 4.79 Å². The molecular weight excluding hydrogens is 321 g/mol. The first-order valence-electron chi connectivity index (χ1n) is 9.15. The topological polar surface area (TPSA) is 75.4 Å². The summed E-state index contributed by atoms with van der Waals surface area (Å²) in [6, 6.07) is 6.21. The maximum absolute atomic E-state index is 14.3. The van der Waals surface area contributed by atoms with Crippen LogP contribution in [-0.4, -0.2) is 29.9 Å². The van der Waals surface area contributed by atoms with Crippen molar-refractivity contribution < 1.29 is 14.0 Å². The van der Waals surface area contributed by atoms with Crippen molar-refractivity contribution in [3.63, 3.8) is 0 Å². The number of urea groups is 1. The van der Waals surface area contributed by atoms with E-state index in [1.807, 2.05) is 6.07 Å². The molecule has 2 aliphatic rings. The number of carbonyl (C=O) groups excluding carboxylic acids is 2. The molecule has 0 bridgehead atoms. The Morgan fingerprint density at radius 2 is 1.76 bits per heavy atom. The number of hydrogen-bond donors (Lipinski definition) is 2. The fourth-order valence-corrected chi connectivity index (χ4v) is 4.06. The van der Waals surface area contributed by atoms with Gasteiger partial charge in [-0.3, -0.25) is 4.79 Å². The fourth-order valence-electron chi connectivity index (χ4n) is 4.06. The van der Waals surface area contributed by atoms with Gasteiger partial charge in [0.15, 0.2) is 0 Å². The summed E-state index contributed by atoms with van der Waals surface area (Å²) in [5, 5.41) is 3.06. The molecule has 136 valence electrons. The third-order valence-electron chi connectivity index (χ3n) is 5.58. The highest BCUT2D eigenvalue weighted by Gasteiger charge is 2.32. The number of benzene rings is 1. The lowest BCUT2D eigenvalue weighted by Crippen LogP contribution is -2.48. The summed E-state index contributed by atoms with van der Waals surface area (Å²) < 4.78 is 14.3. The van der Waals surface area contributed by atoms with Gasteiger partial charge in [0.2, 0.25) is 5.91 Å². The number of nitrogens with two attached hydrogens (primary N) is 1. The summed E-state index contributed by atoms with van der Waals surface area (Å²) in [7, 11) is 0. The fraction of sp³-hybridized carbons (Fsp3) is 0.579. The molecule has 0 radical (unpaired) electrons. The van der Waals surface area contributed by atoms with Gasteiger partial charge in [-0.2, -0.15) is 0 Å². The number of halogens is 1. The molecule has 1 atom stereocenters. The summed E-state index contributed by atoms with van der Waals surface area (Å²) >= 11 is 0. The van der Waals surface area contributed by atoms with Gasteiger partial charge in [-0.25, -0.2) is 9.18 Å². The van der Waals surface area contributed by atoms with E-state index in [0.29, 0.717) is 31.5 Å². The van der Waals surface area contributed by atoms with Crippen molar-refractivity contribution in [3.8, 4) is 0 Å². The second kappa shape index (κ2) is 7.85. The van der Waals surface area contributed by atoms with E-state index < -0.39 is 0 Å². The van der Waals surface area contributed by atoms with Crippen LogP contribution in [0.3, 0.4) is 0 Å². The van der Waals surface area contributed by atoms with E-state index in [9.17, 15) is 14.0 Å². The largest absolute Gasteiger partial charge is 0.369 e. The van der Waals surface area contributed by atoms with E-state index >= 15 is 0 Å². The first-order chi connectivity index (χ1) is 12.1. The Hall–Kier alpha value is -2.11. The molecule has 1 saturated heterocycles. The van der Waals surface area contributed by atoms with Crippen LogP contribution in [0.4, 0.5) is 9.18 Å². The Labute approximate surface area is 147 Å². The van der Waals surface area contributed by atoms with Crippen LogP contribution in [0, 0.1) is 17.7 Å². The minimum Gasteiger partial charge on any atom is -0.369 e. The van der Waals surface area contributed by atoms with Crippen LogP contribution in [0.2, 0.25) is 0 Å². The van der Waals surface area contributed by atoms with Crippen molar-refractivity contribution in [3.05, 3.63) is 35.6 Å². The molecule has 6 heteroatoms. The molecule has 0 aromatic heterocycles. The lowest BCUT2D eigenvalue weighted by atomic mass is 9.91. The zero-order valence-electron chi connectivity index (χ0n) is 14.4. The van der Waals surface area contributed by atoms with Crippen LogP contribution >= 0.6 is 0 Å². The maximum atomic E-state index is 14.3. The summed E-state index contributed by atoms with van der Waals surface area (Å²) in [5.74, 6) is -0.451. The quantitative estimate of drug-likeness (QED) is 0.878. The first kappa shape index (κ1) is 17.7. The third kappa shape index (κ3) is 4.11. The summed E-state index contributed by atoms with van der Waals surface area (Å²) in [4.78, 5) is 25.7. The van der Waals surface area contributed by atoms with Crippen molar-refractivity contribution in [2.45, 2.75) is 44.6 Å². The highest BCUT2D eigenvalue weighted by molar-refractivity contribution is 5.78. The van der Waals surface area contributed by atoms with Gasteiger partial charge in [-0.1, -0.05) is 31.0 Å². The molecule has 1 aliphatic heterocycles. The van der Waals surface area contributed by atoms with Crippen LogP contribution < -0.4 is 11.1 Å². The van der Waals surface area contributed by atoms with Crippen LogP contribution in [0.1, 0.15) is 50.1 Å². The van der Waals surface area contributed by atoms with Crippen molar-refractivity contribution in [1.29, 1.82) is 0 Å². The van der Waals surface area contributed by atoms with Gasteiger partial charge in [0.05, 0.1) is 6.04 Å². The lowest BCUT2D eigenvalue weighted by molar-refractivity contribution is -0.123. The molecule has 0 spiro atoms. The lowest BCUT2D eigenvalue weighted by Gasteiger charge is -2.33. The molecule has 3 amide bonds. The van der Waals surface area contributed by atoms with Gasteiger partial charge in [0.1, 0.15) is 5.82 Å². The molecule has 2 fully saturated rings. The number of carbonyl (C=O) groups is 2. The van der Waals surface area contributed by atoms with Crippen molar-refractivity contribution in [2.24, 2.45) is 17.6 Å². The maximum Gasteiger partial charge on any atom is 0.317 e. The van der Waals surface area contributed by atoms with Crippen molar-refractivity contribution >= 4 is 11.9 Å². The zero-order valence-corrected chi connectivity index (χ0v) is 14.4. The van der Waals surface area contributed by atoms with Gasteiger partial charge in [-0.05, 0) is 37.7 Å². The molecule has 5 nitrogen and oxygen atoms in total. The predicted octanol–water partition coefficient (Wildman–Crippen LogP) is 2.96. The smallest absolute Gasteiger partial charge is 0.317 e. The number of hydrogen-bond acceptors (Lipinski definition) is 2. The van der Waals surface area contributed by atoms with E-state index in [2.05, 4.69) is 5.32 Å². The highest BCUT2D eigenvalue weighted by Crippen LogP contribution is 2.36. The summed E-state index contributed by atoms with van der Waals surface area (Å²) in [6.07, 6.45) is 5.43. The zero-order chi connectivity index (χ0) is 17.8. The molecule has 1 aromatic rings. The first-order valence-corrected chi connectivity index (χ1v) is 9.15. The van der Waals surface area contributed by atoms with Crippen LogP contribution in [0.5, 0.6) is 0 Å². The molecule has 0 unspecified atom stereocenters. The second-order valence-corrected chi connectivity index (χ2v) is 7.16. The van der Waals surface area contributed by atoms with Gasteiger partial charge >= 0.3 is 6.03 Å². The number of piperidine rings is 1. The number of nitrogens with zero attached hydrogens (tertiary/aromatic N) is 1. The Bertz CT molecular complexity index is 623. The van der Waals surface area contributed by atoms with Gasteiger partial charge in [-0.15, -0.1) is 0 Å². The Kier molecular flexibility index (Phi) is 5.56. The van der Waals surface area contributed by atoms with Gasteiger partial charge < -0.3 is 16.0 Å². The SMILES string of the molecule is NC(=O)C1CCN(C(=O)N[C@@H](c2ccccc2F)C2CCCC2)CC1. The molecule has 1 saturated carbocycles. The summed E-state index contributed by atoms with van der Waals surface area (Å²) in [5.41, 5.74) is 5.91. The minimum atomic E-state index is -0.301. The van der Waals surface area contributed by atoms with E-state index in [-0.39, 0.29) is 35.6 Å². The molecule has 25 heavy (non-hydrogen) atoms. The Morgan fingerprint density at radius 3 is 2.36 bits per heavy atom. The number of likely N-dealkylation sites (tertiary alicyclic amines) is 1. The van der Waals surface area contributed by atoms with Gasteiger partial charge in [0.25, 0.3) is 0 Å². The second-order valence-electron chi connectivity index (χ2n) is 7.16. The Balaban J connectivity index is 1.69. The normalized spacial score (nSPS) is 20.4. The van der Waals surface area contributed by atoms with E-state index in [1.165, 1.54) is 6.07 Å². The van der Waals surface area contributed by atoms with E-state index in [1.54, 1.807) is 17.0 Å². The highest BCUT2D eigenvalue weighted by atomic mass is 19.1. The third-order valence-corrected chi connectivity index (χ3v) is 5.58. The molecule has 3 rings (SSSR count). The average molecular weight is 347 g/mol. The van der Waals surface area contributed by atoms with E-state index in [0.717, 1.165) is 25.7 Å². The minimum absolute atomic E-state index is 0.152. The van der Waals surface area contributed by atoms with E-state index in [4.69, 9.17) is 5.73 Å². The molecule has 1 heterocycles.